The molecule has 3 heterocycles. The zero-order valence-electron chi connectivity index (χ0n) is 18.3. The van der Waals surface area contributed by atoms with E-state index in [9.17, 15) is 0 Å². The fourth-order valence-electron chi connectivity index (χ4n) is 2.58. The molecule has 0 spiro atoms. The largest absolute Gasteiger partial charge is 0.375 e. The molecular weight excluding hydrogens is 366 g/mol. The van der Waals surface area contributed by atoms with Crippen molar-refractivity contribution in [3.63, 3.8) is 0 Å². The van der Waals surface area contributed by atoms with Crippen molar-refractivity contribution in [2.24, 2.45) is 0 Å². The third-order valence-electron chi connectivity index (χ3n) is 3.93. The van der Waals surface area contributed by atoms with Crippen LogP contribution in [0.4, 0.5) is 0 Å². The maximum absolute atomic E-state index is 5.25. The third-order valence-corrected chi connectivity index (χ3v) is 5.00. The van der Waals surface area contributed by atoms with Gasteiger partial charge in [-0.3, -0.25) is 9.97 Å². The minimum Gasteiger partial charge on any atom is -0.375 e. The second kappa shape index (κ2) is 14.2. The van der Waals surface area contributed by atoms with Gasteiger partial charge in [-0.15, -0.1) is 11.3 Å². The van der Waals surface area contributed by atoms with Crippen molar-refractivity contribution >= 4 is 22.4 Å². The highest BCUT2D eigenvalue weighted by Crippen LogP contribution is 2.22. The molecule has 1 aromatic carbocycles. The summed E-state index contributed by atoms with van der Waals surface area (Å²) in [6, 6.07) is 6.05. The summed E-state index contributed by atoms with van der Waals surface area (Å²) < 4.78 is 5.25. The van der Waals surface area contributed by atoms with Crippen molar-refractivity contribution in [2.75, 3.05) is 6.61 Å². The minimum absolute atomic E-state index is 0.722. The van der Waals surface area contributed by atoms with Crippen LogP contribution in [0.5, 0.6) is 0 Å². The molecule has 2 aromatic heterocycles. The van der Waals surface area contributed by atoms with Crippen LogP contribution in [-0.2, 0) is 17.8 Å². The lowest BCUT2D eigenvalue weighted by Gasteiger charge is -2.08. The number of hydrogen-bond donors (Lipinski definition) is 0. The first kappa shape index (κ1) is 24.2. The molecule has 0 amide bonds. The predicted molar refractivity (Wildman–Crippen MR) is 121 cm³/mol. The lowest BCUT2D eigenvalue weighted by Crippen LogP contribution is -2.07. The molecule has 0 aliphatic carbocycles. The molecule has 4 rings (SSSR count). The number of unbranched alkanes of at least 4 members (excludes halogenated alkanes) is 2. The van der Waals surface area contributed by atoms with Crippen LogP contribution >= 0.6 is 11.3 Å². The van der Waals surface area contributed by atoms with E-state index in [0.29, 0.717) is 0 Å². The van der Waals surface area contributed by atoms with E-state index in [2.05, 4.69) is 28.8 Å². The van der Waals surface area contributed by atoms with E-state index >= 15 is 0 Å². The highest BCUT2D eigenvalue weighted by atomic mass is 32.1. The van der Waals surface area contributed by atoms with E-state index in [1.807, 2.05) is 45.9 Å². The Hall–Kier alpha value is -1.85. The number of aryl methyl sites for hydroxylation is 2. The number of thiazole rings is 1. The van der Waals surface area contributed by atoms with Gasteiger partial charge in [0.2, 0.25) is 0 Å². The maximum atomic E-state index is 5.25. The zero-order chi connectivity index (χ0) is 20.8. The first-order chi connectivity index (χ1) is 13.6. The van der Waals surface area contributed by atoms with Crippen molar-refractivity contribution in [3.8, 4) is 0 Å². The van der Waals surface area contributed by atoms with Crippen molar-refractivity contribution in [1.82, 2.24) is 15.0 Å². The van der Waals surface area contributed by atoms with Gasteiger partial charge >= 0.3 is 0 Å². The molecule has 0 saturated heterocycles. The fraction of sp³-hybridized carbons (Fsp3) is 0.522. The van der Waals surface area contributed by atoms with Gasteiger partial charge in [-0.25, -0.2) is 4.98 Å². The average Bonchev–Trinajstić information content (AvgIpc) is 3.11. The highest BCUT2D eigenvalue weighted by molar-refractivity contribution is 7.11. The van der Waals surface area contributed by atoms with E-state index in [-0.39, 0.29) is 0 Å². The topological polar surface area (TPSA) is 47.9 Å². The van der Waals surface area contributed by atoms with E-state index in [1.54, 1.807) is 23.7 Å². The number of hydrogen-bond acceptors (Lipinski definition) is 5. The summed E-state index contributed by atoms with van der Waals surface area (Å²) in [5.74, 6) is 0. The van der Waals surface area contributed by atoms with Gasteiger partial charge in [0.15, 0.2) is 0 Å². The van der Waals surface area contributed by atoms with Crippen molar-refractivity contribution < 1.29 is 4.74 Å². The molecule has 0 atom stereocenters. The Morgan fingerprint density at radius 2 is 1.68 bits per heavy atom. The predicted octanol–water partition coefficient (Wildman–Crippen LogP) is 6.69. The molecule has 3 aromatic rings. The van der Waals surface area contributed by atoms with Crippen LogP contribution in [0.1, 0.15) is 68.1 Å². The van der Waals surface area contributed by atoms with Gasteiger partial charge in [0.25, 0.3) is 0 Å². The molecule has 0 fully saturated rings. The number of fused-ring (bicyclic) bond motifs is 2. The molecule has 5 heteroatoms. The molecule has 0 saturated carbocycles. The molecular formula is C23H35N3OS. The minimum atomic E-state index is 0.722. The Bertz CT molecular complexity index is 776. The molecule has 4 nitrogen and oxygen atoms in total. The summed E-state index contributed by atoms with van der Waals surface area (Å²) in [7, 11) is 0. The van der Waals surface area contributed by atoms with Crippen LogP contribution < -0.4 is 0 Å². The fourth-order valence-corrected chi connectivity index (χ4v) is 3.50. The second-order valence-electron chi connectivity index (χ2n) is 6.31. The maximum Gasteiger partial charge on any atom is 0.0901 e. The summed E-state index contributed by atoms with van der Waals surface area (Å²) >= 11 is 1.80. The Labute approximate surface area is 174 Å². The Morgan fingerprint density at radius 1 is 1.00 bits per heavy atom. The smallest absolute Gasteiger partial charge is 0.0901 e. The van der Waals surface area contributed by atoms with E-state index in [4.69, 9.17) is 4.74 Å². The third kappa shape index (κ3) is 8.44. The molecule has 0 unspecified atom stereocenters. The van der Waals surface area contributed by atoms with Crippen LogP contribution in [0.3, 0.4) is 0 Å². The van der Waals surface area contributed by atoms with Gasteiger partial charge in [0, 0.05) is 23.7 Å². The highest BCUT2D eigenvalue weighted by Gasteiger charge is 2.12. The molecule has 1 aliphatic heterocycles. The lowest BCUT2D eigenvalue weighted by molar-refractivity contribution is 0.109. The van der Waals surface area contributed by atoms with Gasteiger partial charge in [-0.05, 0) is 31.5 Å². The number of aromatic nitrogens is 3. The van der Waals surface area contributed by atoms with Crippen LogP contribution in [0.15, 0.2) is 30.6 Å². The molecule has 1 aliphatic rings. The zero-order valence-corrected chi connectivity index (χ0v) is 19.1. The number of ether oxygens (including phenoxy) is 1. The SMILES string of the molecule is CC.CCCCC.Cc1ccc2nccnc2c1.Cc1nc2c(s1)CCOC2. The Balaban J connectivity index is 0.000000214. The standard InChI is InChI=1S/C9H8N2.C7H9NOS.C5H12.C2H6/c1-7-2-3-8-9(6-7)11-5-4-10-8;1-5-8-6-4-9-3-2-7(6)10-5;1-3-5-4-2;1-2/h2-6H,1H3;2-4H2,1H3;3-5H2,1-2H3;1-2H3. The summed E-state index contributed by atoms with van der Waals surface area (Å²) in [6.07, 6.45) is 8.55. The van der Waals surface area contributed by atoms with Crippen LogP contribution in [-0.4, -0.2) is 21.6 Å². The summed E-state index contributed by atoms with van der Waals surface area (Å²) in [5, 5.41) is 1.16. The van der Waals surface area contributed by atoms with Crippen molar-refractivity contribution in [3.05, 3.63) is 51.7 Å². The van der Waals surface area contributed by atoms with Crippen molar-refractivity contribution in [2.45, 2.75) is 73.8 Å². The summed E-state index contributed by atoms with van der Waals surface area (Å²) in [6.45, 7) is 14.1. The summed E-state index contributed by atoms with van der Waals surface area (Å²) in [4.78, 5) is 14.1. The van der Waals surface area contributed by atoms with Gasteiger partial charge in [0.05, 0.1) is 34.9 Å². The van der Waals surface area contributed by atoms with Gasteiger partial charge in [0.1, 0.15) is 0 Å². The van der Waals surface area contributed by atoms with Crippen LogP contribution in [0.25, 0.3) is 11.0 Å². The van der Waals surface area contributed by atoms with Gasteiger partial charge < -0.3 is 4.74 Å². The van der Waals surface area contributed by atoms with Crippen LogP contribution in [0, 0.1) is 13.8 Å². The van der Waals surface area contributed by atoms with Gasteiger partial charge in [-0.1, -0.05) is 53.0 Å². The monoisotopic (exact) mass is 401 g/mol. The first-order valence-electron chi connectivity index (χ1n) is 10.3. The molecule has 0 bridgehead atoms. The van der Waals surface area contributed by atoms with E-state index in [0.717, 1.165) is 41.4 Å². The van der Waals surface area contributed by atoms with E-state index < -0.39 is 0 Å². The van der Waals surface area contributed by atoms with E-state index in [1.165, 1.54) is 29.7 Å². The molecule has 28 heavy (non-hydrogen) atoms. The average molecular weight is 402 g/mol. The molecule has 0 radical (unpaired) electrons. The Morgan fingerprint density at radius 3 is 2.29 bits per heavy atom. The van der Waals surface area contributed by atoms with Crippen LogP contribution in [0.2, 0.25) is 0 Å². The molecule has 154 valence electrons. The number of benzene rings is 1. The van der Waals surface area contributed by atoms with Gasteiger partial charge in [-0.2, -0.15) is 0 Å². The Kier molecular flexibility index (Phi) is 12.3. The number of nitrogens with zero attached hydrogens (tertiary/aromatic N) is 3. The lowest BCUT2D eigenvalue weighted by atomic mass is 10.2. The first-order valence-corrected chi connectivity index (χ1v) is 11.2. The number of rotatable bonds is 2. The second-order valence-corrected chi connectivity index (χ2v) is 7.60. The molecule has 0 N–H and O–H groups in total. The summed E-state index contributed by atoms with van der Waals surface area (Å²) in [5.41, 5.74) is 4.30. The normalized spacial score (nSPS) is 11.8. The van der Waals surface area contributed by atoms with Crippen molar-refractivity contribution in [1.29, 1.82) is 0 Å². The quantitative estimate of drug-likeness (QED) is 0.480.